The molecule has 1 aromatic carbocycles. The highest BCUT2D eigenvalue weighted by Crippen LogP contribution is 2.24. The van der Waals surface area contributed by atoms with Gasteiger partial charge in [0.1, 0.15) is 6.04 Å². The molecule has 148 valence electrons. The van der Waals surface area contributed by atoms with Crippen molar-refractivity contribution in [1.29, 1.82) is 0 Å². The first-order valence-electron chi connectivity index (χ1n) is 8.03. The number of ether oxygens (including phenoxy) is 1. The fourth-order valence-corrected chi connectivity index (χ4v) is 2.56. The zero-order valence-electron chi connectivity index (χ0n) is 14.0. The zero-order chi connectivity index (χ0) is 18.3. The maximum atomic E-state index is 13.3. The van der Waals surface area contributed by atoms with Crippen LogP contribution in [0.1, 0.15) is 6.42 Å². The number of hydrogen-bond donors (Lipinski definition) is 2. The smallest absolute Gasteiger partial charge is 0.405 e. The Morgan fingerprint density at radius 2 is 1.92 bits per heavy atom. The van der Waals surface area contributed by atoms with Crippen molar-refractivity contribution < 1.29 is 27.1 Å². The van der Waals surface area contributed by atoms with Gasteiger partial charge in [0, 0.05) is 32.7 Å². The van der Waals surface area contributed by atoms with E-state index in [1.54, 1.807) is 6.07 Å². The van der Waals surface area contributed by atoms with Gasteiger partial charge in [0.15, 0.2) is 11.6 Å². The van der Waals surface area contributed by atoms with Gasteiger partial charge in [-0.2, -0.15) is 13.2 Å². The number of rotatable bonds is 7. The van der Waals surface area contributed by atoms with Crippen molar-refractivity contribution >= 4 is 18.3 Å². The van der Waals surface area contributed by atoms with E-state index < -0.39 is 30.5 Å². The van der Waals surface area contributed by atoms with Gasteiger partial charge < -0.3 is 15.4 Å². The quantitative estimate of drug-likeness (QED) is 0.688. The Hall–Kier alpha value is -1.58. The second kappa shape index (κ2) is 10.5. The van der Waals surface area contributed by atoms with Crippen molar-refractivity contribution in [2.75, 3.05) is 39.3 Å². The molecule has 1 heterocycles. The summed E-state index contributed by atoms with van der Waals surface area (Å²) in [6, 6.07) is 4.00. The van der Waals surface area contributed by atoms with Crippen LogP contribution in [0.4, 0.5) is 17.6 Å². The van der Waals surface area contributed by atoms with E-state index in [1.165, 1.54) is 23.1 Å². The number of hydrogen-bond acceptors (Lipinski definition) is 4. The summed E-state index contributed by atoms with van der Waals surface area (Å²) in [5, 5.41) is 5.28. The molecule has 0 aliphatic carbocycles. The Balaban J connectivity index is 0.00000338. The summed E-state index contributed by atoms with van der Waals surface area (Å²) >= 11 is 0. The molecule has 10 heteroatoms. The number of halogens is 5. The molecule has 1 saturated heterocycles. The second-order valence-corrected chi connectivity index (χ2v) is 5.68. The first-order chi connectivity index (χ1) is 11.9. The van der Waals surface area contributed by atoms with Gasteiger partial charge in [0.25, 0.3) is 0 Å². The molecule has 5 nitrogen and oxygen atoms in total. The lowest BCUT2D eigenvalue weighted by Crippen LogP contribution is -2.57. The van der Waals surface area contributed by atoms with Crippen LogP contribution in [0.25, 0.3) is 0 Å². The van der Waals surface area contributed by atoms with Crippen LogP contribution in [-0.4, -0.2) is 62.4 Å². The number of carbonyl (C=O) groups is 1. The number of alkyl halides is 3. The minimum Gasteiger partial charge on any atom is -0.490 e. The van der Waals surface area contributed by atoms with Gasteiger partial charge in [-0.25, -0.2) is 4.39 Å². The highest BCUT2D eigenvalue weighted by molar-refractivity contribution is 5.85. The lowest BCUT2D eigenvalue weighted by atomic mass is 10.2. The molecule has 2 N–H and O–H groups in total. The second-order valence-electron chi connectivity index (χ2n) is 5.68. The van der Waals surface area contributed by atoms with Crippen molar-refractivity contribution in [2.45, 2.75) is 18.6 Å². The number of amides is 1. The van der Waals surface area contributed by atoms with Crippen LogP contribution >= 0.6 is 12.4 Å². The van der Waals surface area contributed by atoms with E-state index in [0.717, 1.165) is 0 Å². The van der Waals surface area contributed by atoms with Crippen molar-refractivity contribution in [2.24, 2.45) is 0 Å². The lowest BCUT2D eigenvalue weighted by molar-refractivity contribution is -0.184. The molecule has 0 spiro atoms. The summed E-state index contributed by atoms with van der Waals surface area (Å²) < 4.78 is 58.0. The van der Waals surface area contributed by atoms with Gasteiger partial charge in [0.2, 0.25) is 5.91 Å². The maximum Gasteiger partial charge on any atom is 0.405 e. The highest BCUT2D eigenvalue weighted by atomic mass is 35.5. The fourth-order valence-electron chi connectivity index (χ4n) is 2.56. The van der Waals surface area contributed by atoms with Crippen LogP contribution in [0, 0.1) is 5.82 Å². The Morgan fingerprint density at radius 1 is 1.27 bits per heavy atom. The van der Waals surface area contributed by atoms with Gasteiger partial charge in [-0.05, 0) is 12.1 Å². The van der Waals surface area contributed by atoms with Crippen molar-refractivity contribution in [3.8, 4) is 5.75 Å². The molecule has 1 aliphatic rings. The van der Waals surface area contributed by atoms with Crippen LogP contribution in [0.15, 0.2) is 24.3 Å². The number of piperazine rings is 1. The molecule has 1 aliphatic heterocycles. The summed E-state index contributed by atoms with van der Waals surface area (Å²) in [5.74, 6) is -1.12. The zero-order valence-corrected chi connectivity index (χ0v) is 14.8. The van der Waals surface area contributed by atoms with Crippen LogP contribution in [0.5, 0.6) is 5.75 Å². The molecule has 0 radical (unpaired) electrons. The summed E-state index contributed by atoms with van der Waals surface area (Å²) in [5.41, 5.74) is 0. The minimum atomic E-state index is -4.42. The maximum absolute atomic E-state index is 13.3. The Bertz CT molecular complexity index is 569. The topological polar surface area (TPSA) is 53.6 Å². The number of para-hydroxylation sites is 1. The molecule has 1 unspecified atom stereocenters. The molecule has 26 heavy (non-hydrogen) atoms. The van der Waals surface area contributed by atoms with Crippen LogP contribution < -0.4 is 15.4 Å². The number of benzene rings is 1. The van der Waals surface area contributed by atoms with E-state index in [4.69, 9.17) is 4.74 Å². The van der Waals surface area contributed by atoms with E-state index in [1.807, 2.05) is 0 Å². The summed E-state index contributed by atoms with van der Waals surface area (Å²) in [7, 11) is 0. The predicted octanol–water partition coefficient (Wildman–Crippen LogP) is 1.97. The Morgan fingerprint density at radius 3 is 2.54 bits per heavy atom. The van der Waals surface area contributed by atoms with Crippen molar-refractivity contribution in [3.63, 3.8) is 0 Å². The summed E-state index contributed by atoms with van der Waals surface area (Å²) in [6.07, 6.45) is -4.57. The van der Waals surface area contributed by atoms with Gasteiger partial charge in [-0.15, -0.1) is 12.4 Å². The number of nitrogens with zero attached hydrogens (tertiary/aromatic N) is 1. The SMILES string of the molecule is Cl.O=C(CCOc1ccccc1F)NCC(N1CCNCC1)C(F)(F)F. The molecule has 2 rings (SSSR count). The predicted molar refractivity (Wildman–Crippen MR) is 91.1 cm³/mol. The molecule has 0 saturated carbocycles. The van der Waals surface area contributed by atoms with E-state index in [9.17, 15) is 22.4 Å². The van der Waals surface area contributed by atoms with Gasteiger partial charge in [-0.3, -0.25) is 9.69 Å². The van der Waals surface area contributed by atoms with Crippen LogP contribution in [0.3, 0.4) is 0 Å². The van der Waals surface area contributed by atoms with Gasteiger partial charge >= 0.3 is 6.18 Å². The average Bonchev–Trinajstić information content (AvgIpc) is 2.56. The van der Waals surface area contributed by atoms with Gasteiger partial charge in [0.05, 0.1) is 13.0 Å². The normalized spacial score (nSPS) is 16.5. The van der Waals surface area contributed by atoms with Crippen LogP contribution in [0.2, 0.25) is 0 Å². The third-order valence-electron chi connectivity index (χ3n) is 3.89. The highest BCUT2D eigenvalue weighted by Gasteiger charge is 2.43. The first kappa shape index (κ1) is 22.5. The molecule has 0 bridgehead atoms. The average molecular weight is 400 g/mol. The standard InChI is InChI=1S/C16H21F4N3O2.ClH/c17-12-3-1-2-4-13(12)25-10-5-15(24)22-11-14(16(18,19)20)23-8-6-21-7-9-23;/h1-4,14,21H,5-11H2,(H,22,24);1H. The fraction of sp³-hybridized carbons (Fsp3) is 0.562. The third-order valence-corrected chi connectivity index (χ3v) is 3.89. The molecule has 1 aromatic rings. The molecule has 0 aromatic heterocycles. The first-order valence-corrected chi connectivity index (χ1v) is 8.03. The van der Waals surface area contributed by atoms with Crippen molar-refractivity contribution in [1.82, 2.24) is 15.5 Å². The van der Waals surface area contributed by atoms with E-state index in [0.29, 0.717) is 13.1 Å². The monoisotopic (exact) mass is 399 g/mol. The summed E-state index contributed by atoms with van der Waals surface area (Å²) in [6.45, 7) is 0.889. The van der Waals surface area contributed by atoms with Gasteiger partial charge in [-0.1, -0.05) is 12.1 Å². The lowest BCUT2D eigenvalue weighted by Gasteiger charge is -2.35. The number of carbonyl (C=O) groups excluding carboxylic acids is 1. The Labute approximate surface area is 155 Å². The van der Waals surface area contributed by atoms with Crippen molar-refractivity contribution in [3.05, 3.63) is 30.1 Å². The largest absolute Gasteiger partial charge is 0.490 e. The van der Waals surface area contributed by atoms with E-state index in [2.05, 4.69) is 10.6 Å². The van der Waals surface area contributed by atoms with E-state index in [-0.39, 0.29) is 44.3 Å². The summed E-state index contributed by atoms with van der Waals surface area (Å²) in [4.78, 5) is 13.1. The molecule has 1 fully saturated rings. The van der Waals surface area contributed by atoms with Crippen LogP contribution in [-0.2, 0) is 4.79 Å². The van der Waals surface area contributed by atoms with E-state index >= 15 is 0 Å². The molecule has 1 atom stereocenters. The molecular formula is C16H22ClF4N3O2. The molecule has 1 amide bonds. The molecular weight excluding hydrogens is 378 g/mol. The Kier molecular flexibility index (Phi) is 9.11. The third kappa shape index (κ3) is 6.97. The number of nitrogens with one attached hydrogen (secondary N) is 2. The minimum absolute atomic E-state index is 0.